The van der Waals surface area contributed by atoms with Crippen LogP contribution in [0.15, 0.2) is 35.4 Å². The number of nitrogens with zero attached hydrogens (tertiary/aromatic N) is 2. The molecule has 0 saturated heterocycles. The van der Waals surface area contributed by atoms with E-state index in [1.165, 1.54) is 11.8 Å². The Hall–Kier alpha value is -1.46. The van der Waals surface area contributed by atoms with Gasteiger partial charge in [-0.3, -0.25) is 4.79 Å². The molecule has 1 N–H and O–H groups in total. The van der Waals surface area contributed by atoms with Crippen molar-refractivity contribution in [3.63, 3.8) is 0 Å². The van der Waals surface area contributed by atoms with Gasteiger partial charge in [0.2, 0.25) is 0 Å². The summed E-state index contributed by atoms with van der Waals surface area (Å²) < 4.78 is 1.71. The lowest BCUT2D eigenvalue weighted by Crippen LogP contribution is -2.03. The molecule has 0 saturated carbocycles. The maximum atomic E-state index is 10.8. The highest BCUT2D eigenvalue weighted by Gasteiger charge is 2.15. The van der Waals surface area contributed by atoms with Crippen molar-refractivity contribution in [3.8, 4) is 5.69 Å². The fraction of sp³-hybridized carbons (Fsp3) is 0.286. The van der Waals surface area contributed by atoms with Crippen LogP contribution in [0.2, 0.25) is 5.02 Å². The summed E-state index contributed by atoms with van der Waals surface area (Å²) in [6, 6.07) is 9.30. The fourth-order valence-electron chi connectivity index (χ4n) is 1.70. The molecule has 0 unspecified atom stereocenters. The molecule has 0 aliphatic carbocycles. The van der Waals surface area contributed by atoms with E-state index in [0.29, 0.717) is 5.02 Å². The first kappa shape index (κ1) is 14.9. The second-order valence-electron chi connectivity index (χ2n) is 4.61. The van der Waals surface area contributed by atoms with Crippen LogP contribution < -0.4 is 0 Å². The number of benzene rings is 1. The van der Waals surface area contributed by atoms with E-state index in [9.17, 15) is 4.79 Å². The first-order valence-corrected chi connectivity index (χ1v) is 7.55. The van der Waals surface area contributed by atoms with E-state index >= 15 is 0 Å². The second-order valence-corrected chi connectivity index (χ2v) is 6.01. The zero-order chi connectivity index (χ0) is 14.7. The van der Waals surface area contributed by atoms with E-state index in [1.54, 1.807) is 10.7 Å². The van der Waals surface area contributed by atoms with Gasteiger partial charge in [0.25, 0.3) is 0 Å². The predicted molar refractivity (Wildman–Crippen MR) is 81.0 cm³/mol. The van der Waals surface area contributed by atoms with Crippen molar-refractivity contribution in [1.29, 1.82) is 0 Å². The largest absolute Gasteiger partial charge is 0.481 e. The van der Waals surface area contributed by atoms with Crippen LogP contribution >= 0.6 is 23.4 Å². The first-order valence-electron chi connectivity index (χ1n) is 6.18. The Morgan fingerprint density at radius 2 is 2.15 bits per heavy atom. The summed E-state index contributed by atoms with van der Waals surface area (Å²) in [5.74, 6) is -0.593. The Bertz CT molecular complexity index is 625. The molecule has 20 heavy (non-hydrogen) atoms. The van der Waals surface area contributed by atoms with E-state index in [1.807, 2.05) is 38.1 Å². The van der Waals surface area contributed by atoms with E-state index in [0.717, 1.165) is 16.4 Å². The molecule has 0 spiro atoms. The van der Waals surface area contributed by atoms with Gasteiger partial charge in [-0.15, -0.1) is 0 Å². The summed E-state index contributed by atoms with van der Waals surface area (Å²) >= 11 is 7.44. The summed E-state index contributed by atoms with van der Waals surface area (Å²) in [6.07, 6.45) is 0. The SMILES string of the molecule is CC(C)c1cc(SCC(=O)O)n(-c2ccccc2Cl)n1. The topological polar surface area (TPSA) is 55.1 Å². The van der Waals surface area contributed by atoms with Crippen LogP contribution in [0, 0.1) is 0 Å². The van der Waals surface area contributed by atoms with E-state index in [-0.39, 0.29) is 11.7 Å². The zero-order valence-corrected chi connectivity index (χ0v) is 12.8. The first-order chi connectivity index (χ1) is 9.49. The molecule has 2 rings (SSSR count). The third kappa shape index (κ3) is 3.35. The van der Waals surface area contributed by atoms with Crippen molar-refractivity contribution in [2.45, 2.75) is 24.8 Å². The van der Waals surface area contributed by atoms with Crippen molar-refractivity contribution in [2.75, 3.05) is 5.75 Å². The van der Waals surface area contributed by atoms with Gasteiger partial charge in [-0.05, 0) is 24.1 Å². The summed E-state index contributed by atoms with van der Waals surface area (Å²) in [5, 5.41) is 14.7. The number of hydrogen-bond donors (Lipinski definition) is 1. The lowest BCUT2D eigenvalue weighted by molar-refractivity contribution is -0.133. The number of thioether (sulfide) groups is 1. The van der Waals surface area contributed by atoms with Crippen molar-refractivity contribution in [3.05, 3.63) is 41.0 Å². The van der Waals surface area contributed by atoms with E-state index in [4.69, 9.17) is 16.7 Å². The maximum absolute atomic E-state index is 10.8. The molecule has 2 aromatic rings. The molecule has 106 valence electrons. The number of carboxylic acid groups (broad SMARTS) is 1. The third-order valence-electron chi connectivity index (χ3n) is 2.71. The predicted octanol–water partition coefficient (Wildman–Crippen LogP) is 3.83. The van der Waals surface area contributed by atoms with E-state index in [2.05, 4.69) is 5.10 Å². The minimum Gasteiger partial charge on any atom is -0.481 e. The van der Waals surface area contributed by atoms with Crippen molar-refractivity contribution >= 4 is 29.3 Å². The maximum Gasteiger partial charge on any atom is 0.313 e. The average molecular weight is 311 g/mol. The lowest BCUT2D eigenvalue weighted by Gasteiger charge is -2.07. The fourth-order valence-corrected chi connectivity index (χ4v) is 2.65. The van der Waals surface area contributed by atoms with Gasteiger partial charge >= 0.3 is 5.97 Å². The van der Waals surface area contributed by atoms with Crippen LogP contribution in [-0.2, 0) is 4.79 Å². The van der Waals surface area contributed by atoms with Crippen LogP contribution in [0.25, 0.3) is 5.69 Å². The van der Waals surface area contributed by atoms with Crippen LogP contribution in [0.5, 0.6) is 0 Å². The minimum absolute atomic E-state index is 0.00627. The van der Waals surface area contributed by atoms with Gasteiger partial charge in [0.05, 0.1) is 22.2 Å². The minimum atomic E-state index is -0.854. The Labute approximate surface area is 126 Å². The number of rotatable bonds is 5. The molecule has 1 aromatic carbocycles. The molecule has 1 heterocycles. The molecule has 0 aliphatic rings. The van der Waals surface area contributed by atoms with Crippen LogP contribution in [-0.4, -0.2) is 26.6 Å². The van der Waals surface area contributed by atoms with Gasteiger partial charge in [-0.2, -0.15) is 5.10 Å². The van der Waals surface area contributed by atoms with Gasteiger partial charge < -0.3 is 5.11 Å². The van der Waals surface area contributed by atoms with Gasteiger partial charge in [0, 0.05) is 0 Å². The summed E-state index contributed by atoms with van der Waals surface area (Å²) in [4.78, 5) is 10.8. The molecule has 0 aliphatic heterocycles. The summed E-state index contributed by atoms with van der Waals surface area (Å²) in [7, 11) is 0. The molecule has 0 atom stereocenters. The Morgan fingerprint density at radius 3 is 2.75 bits per heavy atom. The molecular formula is C14H15ClN2O2S. The number of hydrogen-bond acceptors (Lipinski definition) is 3. The highest BCUT2D eigenvalue weighted by molar-refractivity contribution is 7.99. The summed E-state index contributed by atoms with van der Waals surface area (Å²) in [6.45, 7) is 4.09. The van der Waals surface area contributed by atoms with Crippen molar-refractivity contribution in [1.82, 2.24) is 9.78 Å². The van der Waals surface area contributed by atoms with E-state index < -0.39 is 5.97 Å². The normalized spacial score (nSPS) is 11.0. The number of halogens is 1. The van der Waals surface area contributed by atoms with Gasteiger partial charge in [0.1, 0.15) is 5.03 Å². The monoisotopic (exact) mass is 310 g/mol. The smallest absolute Gasteiger partial charge is 0.313 e. The highest BCUT2D eigenvalue weighted by atomic mass is 35.5. The average Bonchev–Trinajstić information content (AvgIpc) is 2.81. The van der Waals surface area contributed by atoms with Crippen molar-refractivity contribution < 1.29 is 9.90 Å². The molecule has 0 radical (unpaired) electrons. The molecule has 0 amide bonds. The van der Waals surface area contributed by atoms with Crippen LogP contribution in [0.1, 0.15) is 25.5 Å². The molecule has 6 heteroatoms. The Kier molecular flexibility index (Phi) is 4.73. The molecular weight excluding hydrogens is 296 g/mol. The number of aromatic nitrogens is 2. The zero-order valence-electron chi connectivity index (χ0n) is 11.2. The lowest BCUT2D eigenvalue weighted by atomic mass is 10.1. The van der Waals surface area contributed by atoms with Gasteiger partial charge in [0.15, 0.2) is 0 Å². The number of carbonyl (C=O) groups is 1. The standard InChI is InChI=1S/C14H15ClN2O2S/c1-9(2)11-7-13(20-8-14(18)19)17(16-11)12-6-4-3-5-10(12)15/h3-7,9H,8H2,1-2H3,(H,18,19). The quantitative estimate of drug-likeness (QED) is 0.853. The third-order valence-corrected chi connectivity index (χ3v) is 4.01. The highest BCUT2D eigenvalue weighted by Crippen LogP contribution is 2.29. The number of aliphatic carboxylic acids is 1. The molecule has 1 aromatic heterocycles. The second kappa shape index (κ2) is 6.33. The number of para-hydroxylation sites is 1. The molecule has 0 bridgehead atoms. The van der Waals surface area contributed by atoms with Crippen LogP contribution in [0.4, 0.5) is 0 Å². The Balaban J connectivity index is 2.44. The molecule has 4 nitrogen and oxygen atoms in total. The Morgan fingerprint density at radius 1 is 1.45 bits per heavy atom. The van der Waals surface area contributed by atoms with Gasteiger partial charge in [-0.1, -0.05) is 49.3 Å². The number of carboxylic acids is 1. The van der Waals surface area contributed by atoms with Crippen molar-refractivity contribution in [2.24, 2.45) is 0 Å². The van der Waals surface area contributed by atoms with Gasteiger partial charge in [-0.25, -0.2) is 4.68 Å². The molecule has 0 fully saturated rings. The van der Waals surface area contributed by atoms with Crippen LogP contribution in [0.3, 0.4) is 0 Å². The summed E-state index contributed by atoms with van der Waals surface area (Å²) in [5.41, 5.74) is 1.67.